The molecule has 9 aromatic rings. The maximum atomic E-state index is 2.55. The van der Waals surface area contributed by atoms with Crippen LogP contribution < -0.4 is 21.3 Å². The van der Waals surface area contributed by atoms with Crippen LogP contribution in [0.1, 0.15) is 0 Å². The summed E-state index contributed by atoms with van der Waals surface area (Å²) in [5.41, 5.74) is 13.1. The normalized spacial score (nSPS) is 13.0. The average molecular weight is 612 g/mol. The molecule has 0 amide bonds. The second kappa shape index (κ2) is 9.45. The quantitative estimate of drug-likeness (QED) is 0.176. The Labute approximate surface area is 277 Å². The molecule has 8 aromatic carbocycles. The second-order valence-electron chi connectivity index (χ2n) is 12.9. The summed E-state index contributed by atoms with van der Waals surface area (Å²) in [5.74, 6) is 0. The molecule has 2 aliphatic heterocycles. The van der Waals surface area contributed by atoms with Gasteiger partial charge in [0.1, 0.15) is 0 Å². The first-order valence-corrected chi connectivity index (χ1v) is 17.1. The highest BCUT2D eigenvalue weighted by Gasteiger charge is 2.43. The lowest BCUT2D eigenvalue weighted by atomic mass is 9.37. The molecule has 0 N–H and O–H groups in total. The van der Waals surface area contributed by atoms with Crippen molar-refractivity contribution in [2.24, 2.45) is 0 Å². The van der Waals surface area contributed by atoms with Crippen molar-refractivity contribution in [1.82, 2.24) is 0 Å². The van der Waals surface area contributed by atoms with E-state index in [-0.39, 0.29) is 6.71 Å². The first kappa shape index (κ1) is 25.5. The largest absolute Gasteiger partial charge is 0.311 e. The highest BCUT2D eigenvalue weighted by molar-refractivity contribution is 7.26. The zero-order valence-corrected chi connectivity index (χ0v) is 26.3. The highest BCUT2D eigenvalue weighted by Crippen LogP contribution is 2.46. The lowest BCUT2D eigenvalue weighted by molar-refractivity contribution is 1.31. The molecule has 0 saturated heterocycles. The summed E-state index contributed by atoms with van der Waals surface area (Å²) in [6.45, 7) is 0.180. The first-order chi connectivity index (χ1) is 23.3. The van der Waals surface area contributed by atoms with Crippen LogP contribution in [0.15, 0.2) is 158 Å². The van der Waals surface area contributed by atoms with E-state index < -0.39 is 0 Å². The highest BCUT2D eigenvalue weighted by atomic mass is 32.1. The third-order valence-corrected chi connectivity index (χ3v) is 11.5. The van der Waals surface area contributed by atoms with E-state index in [1.165, 1.54) is 97.4 Å². The van der Waals surface area contributed by atoms with Crippen LogP contribution in [0.3, 0.4) is 0 Å². The predicted octanol–water partition coefficient (Wildman–Crippen LogP) is 10.3. The Balaban J connectivity index is 1.27. The van der Waals surface area contributed by atoms with Crippen LogP contribution in [0.25, 0.3) is 64.0 Å². The number of thiophene rings is 1. The van der Waals surface area contributed by atoms with Gasteiger partial charge in [0.25, 0.3) is 0 Å². The molecule has 0 atom stereocenters. The van der Waals surface area contributed by atoms with Gasteiger partial charge in [-0.2, -0.15) is 0 Å². The second-order valence-corrected chi connectivity index (χ2v) is 14.0. The van der Waals surface area contributed by atoms with Gasteiger partial charge in [-0.25, -0.2) is 0 Å². The zero-order chi connectivity index (χ0) is 30.6. The van der Waals surface area contributed by atoms with Crippen LogP contribution in [0.2, 0.25) is 0 Å². The summed E-state index contributed by atoms with van der Waals surface area (Å²) >= 11 is 1.89. The van der Waals surface area contributed by atoms with Crippen LogP contribution in [0.5, 0.6) is 0 Å². The minimum atomic E-state index is 0.180. The Hall–Kier alpha value is -5.64. The maximum absolute atomic E-state index is 2.55. The molecule has 216 valence electrons. The summed E-state index contributed by atoms with van der Waals surface area (Å²) in [5, 5.41) is 7.73. The Morgan fingerprint density at radius 2 is 1.15 bits per heavy atom. The van der Waals surface area contributed by atoms with Crippen molar-refractivity contribution in [2.45, 2.75) is 0 Å². The van der Waals surface area contributed by atoms with Gasteiger partial charge in [0, 0.05) is 37.2 Å². The molecule has 0 radical (unpaired) electrons. The first-order valence-electron chi connectivity index (χ1n) is 16.3. The van der Waals surface area contributed by atoms with E-state index in [4.69, 9.17) is 0 Å². The number of hydrogen-bond acceptors (Lipinski definition) is 2. The molecule has 0 bridgehead atoms. The van der Waals surface area contributed by atoms with Gasteiger partial charge < -0.3 is 4.90 Å². The molecule has 47 heavy (non-hydrogen) atoms. The van der Waals surface area contributed by atoms with Gasteiger partial charge in [-0.1, -0.05) is 121 Å². The summed E-state index contributed by atoms with van der Waals surface area (Å²) in [6.07, 6.45) is 0. The minimum Gasteiger partial charge on any atom is -0.311 e. The molecule has 0 fully saturated rings. The summed E-state index contributed by atoms with van der Waals surface area (Å²) in [4.78, 5) is 2.55. The standard InChI is InChI=1S/C44H26BNS/c1-2-11-28-22-32(21-20-27(28)10-1)46-39-25-30-13-4-3-12-29(30)24-38(39)45-37-17-7-5-14-34(37)36-23-31(26-40(46)44(36)45)33-16-9-19-42-43(33)35-15-6-8-18-41(35)47-42/h1-26H. The van der Waals surface area contributed by atoms with Crippen molar-refractivity contribution in [2.75, 3.05) is 4.90 Å². The SMILES string of the molecule is c1ccc2c(c1)B1c3cc4ccccc4cc3N(c3ccc4ccccc4c3)c3cc(-c4cccc5sc6ccccc6c45)cc-2c31. The molecule has 1 aromatic heterocycles. The molecule has 11 rings (SSSR count). The molecule has 0 unspecified atom stereocenters. The van der Waals surface area contributed by atoms with E-state index >= 15 is 0 Å². The average Bonchev–Trinajstić information content (AvgIpc) is 3.68. The number of fused-ring (bicyclic) bond motifs is 10. The minimum absolute atomic E-state index is 0.180. The monoisotopic (exact) mass is 611 g/mol. The van der Waals surface area contributed by atoms with Crippen LogP contribution in [-0.4, -0.2) is 6.71 Å². The number of anilines is 3. The molecule has 0 spiro atoms. The molecular formula is C44H26BNS. The number of benzene rings is 8. The zero-order valence-electron chi connectivity index (χ0n) is 25.4. The summed E-state index contributed by atoms with van der Waals surface area (Å²) in [6, 6.07) is 59.0. The van der Waals surface area contributed by atoms with Gasteiger partial charge in [-0.05, 0) is 97.2 Å². The van der Waals surface area contributed by atoms with Crippen LogP contribution in [-0.2, 0) is 0 Å². The Morgan fingerprint density at radius 3 is 2.04 bits per heavy atom. The van der Waals surface area contributed by atoms with Gasteiger partial charge in [0.2, 0.25) is 6.71 Å². The summed E-state index contributed by atoms with van der Waals surface area (Å²) < 4.78 is 2.67. The molecule has 1 nitrogen and oxygen atoms in total. The van der Waals surface area contributed by atoms with E-state index in [0.717, 1.165) is 0 Å². The van der Waals surface area contributed by atoms with Crippen molar-refractivity contribution < 1.29 is 0 Å². The van der Waals surface area contributed by atoms with Crippen LogP contribution in [0.4, 0.5) is 17.1 Å². The maximum Gasteiger partial charge on any atom is 0.248 e. The predicted molar refractivity (Wildman–Crippen MR) is 205 cm³/mol. The summed E-state index contributed by atoms with van der Waals surface area (Å²) in [7, 11) is 0. The molecule has 3 heterocycles. The fourth-order valence-corrected chi connectivity index (χ4v) is 9.52. The number of nitrogens with zero attached hydrogens (tertiary/aromatic N) is 1. The lowest BCUT2D eigenvalue weighted by Gasteiger charge is -2.37. The molecule has 0 saturated carbocycles. The van der Waals surface area contributed by atoms with E-state index in [2.05, 4.69) is 163 Å². The number of rotatable bonds is 2. The molecular weight excluding hydrogens is 585 g/mol. The van der Waals surface area contributed by atoms with Crippen molar-refractivity contribution in [1.29, 1.82) is 0 Å². The van der Waals surface area contributed by atoms with E-state index in [1.807, 2.05) is 11.3 Å². The smallest absolute Gasteiger partial charge is 0.248 e. The third kappa shape index (κ3) is 3.55. The van der Waals surface area contributed by atoms with E-state index in [1.54, 1.807) is 0 Å². The molecule has 0 aliphatic carbocycles. The third-order valence-electron chi connectivity index (χ3n) is 10.4. The van der Waals surface area contributed by atoms with Gasteiger partial charge in [-0.15, -0.1) is 11.3 Å². The number of hydrogen-bond donors (Lipinski definition) is 0. The topological polar surface area (TPSA) is 3.24 Å². The van der Waals surface area contributed by atoms with Gasteiger partial charge in [0.15, 0.2) is 0 Å². The van der Waals surface area contributed by atoms with Gasteiger partial charge in [-0.3, -0.25) is 0 Å². The molecule has 2 aliphatic rings. The van der Waals surface area contributed by atoms with Gasteiger partial charge >= 0.3 is 0 Å². The fraction of sp³-hybridized carbons (Fsp3) is 0. The fourth-order valence-electron chi connectivity index (χ4n) is 8.39. The Kier molecular flexibility index (Phi) is 5.14. The molecule has 3 heteroatoms. The van der Waals surface area contributed by atoms with Crippen LogP contribution in [0, 0.1) is 0 Å². The van der Waals surface area contributed by atoms with Crippen molar-refractivity contribution in [3.8, 4) is 22.3 Å². The Morgan fingerprint density at radius 1 is 0.447 bits per heavy atom. The van der Waals surface area contributed by atoms with E-state index in [0.29, 0.717) is 0 Å². The van der Waals surface area contributed by atoms with Crippen molar-refractivity contribution >= 4 is 93.2 Å². The lowest BCUT2D eigenvalue weighted by Crippen LogP contribution is -2.54. The van der Waals surface area contributed by atoms with Crippen LogP contribution >= 0.6 is 11.3 Å². The van der Waals surface area contributed by atoms with Gasteiger partial charge in [0.05, 0.1) is 0 Å². The van der Waals surface area contributed by atoms with E-state index in [9.17, 15) is 0 Å². The van der Waals surface area contributed by atoms with Crippen molar-refractivity contribution in [3.05, 3.63) is 158 Å². The Bertz CT molecular complexity index is 2770. The van der Waals surface area contributed by atoms with Crippen molar-refractivity contribution in [3.63, 3.8) is 0 Å².